The standard InChI is InChI=1S/C14H18N4O/c1-10(2)18-6-3-4-13(18)11-8-15-9-12(17-11)14-16-5-7-19-14/h5,7-10,13H,3-4,6H2,1-2H3. The number of hydrogen-bond donors (Lipinski definition) is 0. The Morgan fingerprint density at radius 2 is 2.26 bits per heavy atom. The zero-order valence-electron chi connectivity index (χ0n) is 11.3. The summed E-state index contributed by atoms with van der Waals surface area (Å²) in [5, 5.41) is 0. The van der Waals surface area contributed by atoms with Gasteiger partial charge in [-0.25, -0.2) is 9.97 Å². The second kappa shape index (κ2) is 5.09. The van der Waals surface area contributed by atoms with Crippen LogP contribution in [0.15, 0.2) is 29.3 Å². The molecule has 1 saturated heterocycles. The Kier molecular flexibility index (Phi) is 3.29. The van der Waals surface area contributed by atoms with Crippen LogP contribution in [0.2, 0.25) is 0 Å². The third kappa shape index (κ3) is 2.38. The van der Waals surface area contributed by atoms with Crippen molar-refractivity contribution >= 4 is 0 Å². The predicted octanol–water partition coefficient (Wildman–Crippen LogP) is 2.68. The number of aromatic nitrogens is 3. The molecule has 3 rings (SSSR count). The summed E-state index contributed by atoms with van der Waals surface area (Å²) in [6.45, 7) is 5.58. The molecule has 0 saturated carbocycles. The van der Waals surface area contributed by atoms with Gasteiger partial charge in [-0.3, -0.25) is 9.88 Å². The van der Waals surface area contributed by atoms with Gasteiger partial charge in [0.15, 0.2) is 0 Å². The first-order chi connectivity index (χ1) is 9.25. The lowest BCUT2D eigenvalue weighted by atomic mass is 10.1. The molecule has 5 nitrogen and oxygen atoms in total. The van der Waals surface area contributed by atoms with Crippen molar-refractivity contribution in [1.82, 2.24) is 19.9 Å². The number of oxazole rings is 1. The molecule has 2 aromatic rings. The summed E-state index contributed by atoms with van der Waals surface area (Å²) in [6, 6.07) is 0.891. The minimum Gasteiger partial charge on any atom is -0.443 e. The molecule has 2 aromatic heterocycles. The molecule has 0 bridgehead atoms. The fraction of sp³-hybridized carbons (Fsp3) is 0.500. The molecule has 0 amide bonds. The molecule has 0 aromatic carbocycles. The molecule has 1 aliphatic rings. The molecule has 1 fully saturated rings. The number of hydrogen-bond acceptors (Lipinski definition) is 5. The average molecular weight is 258 g/mol. The Balaban J connectivity index is 1.91. The summed E-state index contributed by atoms with van der Waals surface area (Å²) >= 11 is 0. The Morgan fingerprint density at radius 3 is 3.00 bits per heavy atom. The zero-order chi connectivity index (χ0) is 13.2. The van der Waals surface area contributed by atoms with Gasteiger partial charge in [0.25, 0.3) is 0 Å². The van der Waals surface area contributed by atoms with Gasteiger partial charge in [0, 0.05) is 6.04 Å². The van der Waals surface area contributed by atoms with Crippen LogP contribution in [0.3, 0.4) is 0 Å². The highest BCUT2D eigenvalue weighted by Crippen LogP contribution is 2.32. The quantitative estimate of drug-likeness (QED) is 0.847. The van der Waals surface area contributed by atoms with E-state index in [1.807, 2.05) is 6.20 Å². The van der Waals surface area contributed by atoms with E-state index in [9.17, 15) is 0 Å². The topological polar surface area (TPSA) is 55.1 Å². The summed E-state index contributed by atoms with van der Waals surface area (Å²) < 4.78 is 5.28. The summed E-state index contributed by atoms with van der Waals surface area (Å²) in [5.41, 5.74) is 1.72. The molecule has 5 heteroatoms. The van der Waals surface area contributed by atoms with Crippen molar-refractivity contribution in [2.75, 3.05) is 6.54 Å². The van der Waals surface area contributed by atoms with Gasteiger partial charge in [-0.2, -0.15) is 0 Å². The van der Waals surface area contributed by atoms with Crippen molar-refractivity contribution in [3.63, 3.8) is 0 Å². The average Bonchev–Trinajstić information content (AvgIpc) is 3.10. The fourth-order valence-corrected chi connectivity index (χ4v) is 2.72. The van der Waals surface area contributed by atoms with E-state index < -0.39 is 0 Å². The second-order valence-electron chi connectivity index (χ2n) is 5.16. The van der Waals surface area contributed by atoms with Gasteiger partial charge >= 0.3 is 0 Å². The normalized spacial score (nSPS) is 20.3. The first-order valence-corrected chi connectivity index (χ1v) is 6.73. The summed E-state index contributed by atoms with van der Waals surface area (Å²) in [7, 11) is 0. The van der Waals surface area contributed by atoms with Crippen molar-refractivity contribution in [2.45, 2.75) is 38.8 Å². The monoisotopic (exact) mass is 258 g/mol. The Hall–Kier alpha value is -1.75. The van der Waals surface area contributed by atoms with Crippen LogP contribution < -0.4 is 0 Å². The van der Waals surface area contributed by atoms with Gasteiger partial charge in [0.2, 0.25) is 5.89 Å². The van der Waals surface area contributed by atoms with Crippen molar-refractivity contribution in [3.05, 3.63) is 30.5 Å². The molecular formula is C14H18N4O. The van der Waals surface area contributed by atoms with Crippen LogP contribution in [0, 0.1) is 0 Å². The van der Waals surface area contributed by atoms with E-state index in [4.69, 9.17) is 4.42 Å². The lowest BCUT2D eigenvalue weighted by molar-refractivity contribution is 0.202. The van der Waals surface area contributed by atoms with Crippen LogP contribution in [0.4, 0.5) is 0 Å². The Labute approximate surface area is 112 Å². The zero-order valence-corrected chi connectivity index (χ0v) is 11.3. The highest BCUT2D eigenvalue weighted by atomic mass is 16.3. The van der Waals surface area contributed by atoms with E-state index in [1.165, 1.54) is 6.42 Å². The fourth-order valence-electron chi connectivity index (χ4n) is 2.72. The molecule has 1 aliphatic heterocycles. The van der Waals surface area contributed by atoms with E-state index in [1.54, 1.807) is 18.7 Å². The number of likely N-dealkylation sites (tertiary alicyclic amines) is 1. The lowest BCUT2D eigenvalue weighted by Gasteiger charge is -2.27. The number of rotatable bonds is 3. The Bertz CT molecular complexity index is 538. The second-order valence-corrected chi connectivity index (χ2v) is 5.16. The van der Waals surface area contributed by atoms with Crippen molar-refractivity contribution in [2.24, 2.45) is 0 Å². The first kappa shape index (κ1) is 12.3. The molecule has 1 atom stereocenters. The first-order valence-electron chi connectivity index (χ1n) is 6.73. The maximum absolute atomic E-state index is 5.28. The molecule has 19 heavy (non-hydrogen) atoms. The SMILES string of the molecule is CC(C)N1CCCC1c1cncc(-c2ncco2)n1. The molecule has 3 heterocycles. The van der Waals surface area contributed by atoms with Crippen LogP contribution in [-0.2, 0) is 0 Å². The summed E-state index contributed by atoms with van der Waals surface area (Å²) in [4.78, 5) is 15.6. The third-order valence-corrected chi connectivity index (χ3v) is 3.60. The van der Waals surface area contributed by atoms with E-state index in [0.29, 0.717) is 23.7 Å². The minimum atomic E-state index is 0.363. The Morgan fingerprint density at radius 1 is 1.37 bits per heavy atom. The van der Waals surface area contributed by atoms with E-state index in [0.717, 1.165) is 18.7 Å². The van der Waals surface area contributed by atoms with E-state index in [-0.39, 0.29) is 0 Å². The van der Waals surface area contributed by atoms with Gasteiger partial charge in [0.05, 0.1) is 30.3 Å². The molecule has 0 aliphatic carbocycles. The lowest BCUT2D eigenvalue weighted by Crippen LogP contribution is -2.30. The highest BCUT2D eigenvalue weighted by Gasteiger charge is 2.29. The van der Waals surface area contributed by atoms with E-state index in [2.05, 4.69) is 33.7 Å². The smallest absolute Gasteiger partial charge is 0.246 e. The molecular weight excluding hydrogens is 240 g/mol. The molecule has 100 valence electrons. The maximum Gasteiger partial charge on any atom is 0.246 e. The third-order valence-electron chi connectivity index (χ3n) is 3.60. The van der Waals surface area contributed by atoms with Crippen LogP contribution >= 0.6 is 0 Å². The largest absolute Gasteiger partial charge is 0.443 e. The van der Waals surface area contributed by atoms with Crippen LogP contribution in [0.5, 0.6) is 0 Å². The van der Waals surface area contributed by atoms with Crippen molar-refractivity contribution < 1.29 is 4.42 Å². The van der Waals surface area contributed by atoms with Gasteiger partial charge in [0.1, 0.15) is 12.0 Å². The minimum absolute atomic E-state index is 0.363. The van der Waals surface area contributed by atoms with Crippen LogP contribution in [0.1, 0.15) is 38.4 Å². The summed E-state index contributed by atoms with van der Waals surface area (Å²) in [6.07, 6.45) is 9.09. The predicted molar refractivity (Wildman–Crippen MR) is 71.3 cm³/mol. The van der Waals surface area contributed by atoms with Crippen molar-refractivity contribution in [3.8, 4) is 11.6 Å². The van der Waals surface area contributed by atoms with E-state index >= 15 is 0 Å². The van der Waals surface area contributed by atoms with Gasteiger partial charge < -0.3 is 4.42 Å². The maximum atomic E-state index is 5.28. The van der Waals surface area contributed by atoms with Gasteiger partial charge in [-0.1, -0.05) is 0 Å². The van der Waals surface area contributed by atoms with Crippen LogP contribution in [-0.4, -0.2) is 32.4 Å². The molecule has 0 N–H and O–H groups in total. The number of nitrogens with zero attached hydrogens (tertiary/aromatic N) is 4. The van der Waals surface area contributed by atoms with Gasteiger partial charge in [-0.05, 0) is 33.2 Å². The molecule has 0 spiro atoms. The molecule has 0 radical (unpaired) electrons. The summed E-state index contributed by atoms with van der Waals surface area (Å²) in [5.74, 6) is 0.531. The van der Waals surface area contributed by atoms with Crippen LogP contribution in [0.25, 0.3) is 11.6 Å². The highest BCUT2D eigenvalue weighted by molar-refractivity contribution is 5.44. The van der Waals surface area contributed by atoms with Gasteiger partial charge in [-0.15, -0.1) is 0 Å². The molecule has 1 unspecified atom stereocenters. The van der Waals surface area contributed by atoms with Crippen molar-refractivity contribution in [1.29, 1.82) is 0 Å².